The molecular weight excluding hydrogens is 229 g/mol. The van der Waals surface area contributed by atoms with Crippen molar-refractivity contribution >= 4 is 21.3 Å². The van der Waals surface area contributed by atoms with Gasteiger partial charge < -0.3 is 14.5 Å². The first-order valence-electron chi connectivity index (χ1n) is 5.26. The van der Waals surface area contributed by atoms with Gasteiger partial charge in [-0.15, -0.1) is 0 Å². The summed E-state index contributed by atoms with van der Waals surface area (Å²) < 4.78 is 4.99. The lowest BCUT2D eigenvalue weighted by Crippen LogP contribution is -2.43. The standard InChI is InChI=1S/C10H14NO4P/c12-9-5-7(15-16)3-1-6-2-4-8(10(13)14)11(6)9/h5-6,8H,1-4,16H2,(H,13,14)/t6?,8-/m0/s1. The van der Waals surface area contributed by atoms with E-state index in [1.807, 2.05) is 0 Å². The fourth-order valence-electron chi connectivity index (χ4n) is 2.43. The number of carboxylic acid groups (broad SMARTS) is 1. The number of carbonyl (C=O) groups is 2. The molecule has 0 aliphatic carbocycles. The van der Waals surface area contributed by atoms with Crippen molar-refractivity contribution in [1.82, 2.24) is 4.90 Å². The number of allylic oxidation sites excluding steroid dienone is 1. The van der Waals surface area contributed by atoms with Gasteiger partial charge in [-0.05, 0) is 19.3 Å². The fourth-order valence-corrected chi connectivity index (χ4v) is 2.61. The molecule has 0 aromatic carbocycles. The number of hydrogen-bond donors (Lipinski definition) is 1. The van der Waals surface area contributed by atoms with Gasteiger partial charge in [0.15, 0.2) is 0 Å². The summed E-state index contributed by atoms with van der Waals surface area (Å²) >= 11 is 0. The number of carbonyl (C=O) groups excluding carboxylic acids is 1. The van der Waals surface area contributed by atoms with E-state index in [0.717, 1.165) is 12.8 Å². The van der Waals surface area contributed by atoms with Gasteiger partial charge in [0.05, 0.1) is 9.47 Å². The van der Waals surface area contributed by atoms with Gasteiger partial charge >= 0.3 is 5.97 Å². The van der Waals surface area contributed by atoms with E-state index < -0.39 is 12.0 Å². The number of carboxylic acids is 1. The van der Waals surface area contributed by atoms with Crippen LogP contribution in [0.4, 0.5) is 0 Å². The highest BCUT2D eigenvalue weighted by Gasteiger charge is 2.41. The summed E-state index contributed by atoms with van der Waals surface area (Å²) in [7, 11) is 2.11. The van der Waals surface area contributed by atoms with Crippen LogP contribution in [0.25, 0.3) is 0 Å². The molecule has 0 saturated carbocycles. The molecule has 0 spiro atoms. The quantitative estimate of drug-likeness (QED) is 0.732. The summed E-state index contributed by atoms with van der Waals surface area (Å²) in [4.78, 5) is 24.4. The molecule has 1 fully saturated rings. The molecule has 2 aliphatic heterocycles. The first kappa shape index (κ1) is 11.4. The van der Waals surface area contributed by atoms with Crippen molar-refractivity contribution in [3.05, 3.63) is 11.8 Å². The largest absolute Gasteiger partial charge is 0.484 e. The minimum atomic E-state index is -0.917. The maximum absolute atomic E-state index is 11.9. The van der Waals surface area contributed by atoms with E-state index in [1.54, 1.807) is 0 Å². The van der Waals surface area contributed by atoms with Crippen LogP contribution < -0.4 is 0 Å². The summed E-state index contributed by atoms with van der Waals surface area (Å²) in [5, 5.41) is 9.03. The second-order valence-electron chi connectivity index (χ2n) is 4.10. The molecule has 0 radical (unpaired) electrons. The van der Waals surface area contributed by atoms with Crippen LogP contribution in [0.3, 0.4) is 0 Å². The van der Waals surface area contributed by atoms with Gasteiger partial charge in [-0.1, -0.05) is 0 Å². The van der Waals surface area contributed by atoms with E-state index in [4.69, 9.17) is 9.63 Å². The Hall–Kier alpha value is -1.09. The summed E-state index contributed by atoms with van der Waals surface area (Å²) in [5.74, 6) is -0.558. The molecule has 88 valence electrons. The SMILES string of the molecule is O=C(O)[C@@H]1CCC2CCC(OP)=CC(=O)N21. The molecule has 0 aromatic rings. The zero-order valence-corrected chi connectivity index (χ0v) is 9.91. The molecule has 5 nitrogen and oxygen atoms in total. The number of nitrogens with zero attached hydrogens (tertiary/aromatic N) is 1. The van der Waals surface area contributed by atoms with Crippen molar-refractivity contribution in [1.29, 1.82) is 0 Å². The van der Waals surface area contributed by atoms with Gasteiger partial charge in [0.2, 0.25) is 0 Å². The van der Waals surface area contributed by atoms with E-state index in [9.17, 15) is 9.59 Å². The lowest BCUT2D eigenvalue weighted by atomic mass is 10.1. The van der Waals surface area contributed by atoms with Gasteiger partial charge in [-0.2, -0.15) is 0 Å². The van der Waals surface area contributed by atoms with Gasteiger partial charge in [-0.3, -0.25) is 4.79 Å². The molecule has 2 aliphatic rings. The zero-order valence-electron chi connectivity index (χ0n) is 8.76. The van der Waals surface area contributed by atoms with Crippen LogP contribution in [0.2, 0.25) is 0 Å². The third kappa shape index (κ3) is 1.92. The monoisotopic (exact) mass is 243 g/mol. The highest BCUT2D eigenvalue weighted by Crippen LogP contribution is 2.32. The van der Waals surface area contributed by atoms with Crippen LogP contribution in [-0.2, 0) is 14.1 Å². The molecular formula is C10H14NO4P. The topological polar surface area (TPSA) is 66.8 Å². The van der Waals surface area contributed by atoms with Crippen LogP contribution in [0, 0.1) is 0 Å². The van der Waals surface area contributed by atoms with E-state index in [-0.39, 0.29) is 11.9 Å². The summed E-state index contributed by atoms with van der Waals surface area (Å²) in [6.07, 6.45) is 4.17. The van der Waals surface area contributed by atoms with Crippen molar-refractivity contribution < 1.29 is 19.2 Å². The van der Waals surface area contributed by atoms with Gasteiger partial charge in [0.1, 0.15) is 11.8 Å². The molecule has 2 rings (SSSR count). The summed E-state index contributed by atoms with van der Waals surface area (Å²) in [6.45, 7) is 0. The number of rotatable bonds is 2. The van der Waals surface area contributed by atoms with E-state index in [0.29, 0.717) is 18.6 Å². The minimum Gasteiger partial charge on any atom is -0.484 e. The summed E-state index contributed by atoms with van der Waals surface area (Å²) in [5.41, 5.74) is 0. The molecule has 0 aromatic heterocycles. The Balaban J connectivity index is 2.24. The van der Waals surface area contributed by atoms with Gasteiger partial charge in [-0.25, -0.2) is 4.79 Å². The normalized spacial score (nSPS) is 29.4. The van der Waals surface area contributed by atoms with Gasteiger partial charge in [0.25, 0.3) is 5.91 Å². The van der Waals surface area contributed by atoms with Crippen molar-refractivity contribution in [3.63, 3.8) is 0 Å². The Kier molecular flexibility index (Phi) is 3.15. The van der Waals surface area contributed by atoms with Crippen LogP contribution >= 0.6 is 9.47 Å². The zero-order chi connectivity index (χ0) is 11.7. The highest BCUT2D eigenvalue weighted by molar-refractivity contribution is 7.10. The third-order valence-corrected chi connectivity index (χ3v) is 3.50. The maximum Gasteiger partial charge on any atom is 0.326 e. The molecule has 2 heterocycles. The van der Waals surface area contributed by atoms with Crippen LogP contribution in [-0.4, -0.2) is 34.0 Å². The predicted octanol–water partition coefficient (Wildman–Crippen LogP) is 0.915. The molecule has 1 amide bonds. The van der Waals surface area contributed by atoms with Gasteiger partial charge in [0, 0.05) is 18.5 Å². The molecule has 1 saturated heterocycles. The van der Waals surface area contributed by atoms with Crippen molar-refractivity contribution in [3.8, 4) is 0 Å². The minimum absolute atomic E-state index is 0.0440. The molecule has 0 bridgehead atoms. The Morgan fingerprint density at radius 2 is 2.25 bits per heavy atom. The Morgan fingerprint density at radius 3 is 2.88 bits per heavy atom. The Labute approximate surface area is 95.7 Å². The van der Waals surface area contributed by atoms with Crippen LogP contribution in [0.5, 0.6) is 0 Å². The average molecular weight is 243 g/mol. The van der Waals surface area contributed by atoms with E-state index in [2.05, 4.69) is 9.47 Å². The number of hydrogen-bond acceptors (Lipinski definition) is 3. The van der Waals surface area contributed by atoms with Crippen LogP contribution in [0.15, 0.2) is 11.8 Å². The first-order valence-corrected chi connectivity index (χ1v) is 5.73. The second kappa shape index (κ2) is 4.42. The Morgan fingerprint density at radius 1 is 1.50 bits per heavy atom. The average Bonchev–Trinajstić information content (AvgIpc) is 2.61. The molecule has 16 heavy (non-hydrogen) atoms. The molecule has 2 unspecified atom stereocenters. The first-order chi connectivity index (χ1) is 7.63. The van der Waals surface area contributed by atoms with Crippen molar-refractivity contribution in [2.24, 2.45) is 0 Å². The number of amides is 1. The van der Waals surface area contributed by atoms with Crippen LogP contribution in [0.1, 0.15) is 25.7 Å². The number of aliphatic carboxylic acids is 1. The lowest BCUT2D eigenvalue weighted by molar-refractivity contribution is -0.147. The highest BCUT2D eigenvalue weighted by atomic mass is 31.0. The second-order valence-corrected chi connectivity index (χ2v) is 4.33. The fraction of sp³-hybridized carbons (Fsp3) is 0.600. The predicted molar refractivity (Wildman–Crippen MR) is 59.4 cm³/mol. The van der Waals surface area contributed by atoms with E-state index in [1.165, 1.54) is 11.0 Å². The van der Waals surface area contributed by atoms with Crippen molar-refractivity contribution in [2.45, 2.75) is 37.8 Å². The third-order valence-electron chi connectivity index (χ3n) is 3.20. The molecule has 3 atom stereocenters. The Bertz CT molecular complexity index is 355. The summed E-state index contributed by atoms with van der Waals surface area (Å²) in [6, 6.07) is -0.625. The lowest BCUT2D eigenvalue weighted by Gasteiger charge is -2.25. The molecule has 1 N–H and O–H groups in total. The van der Waals surface area contributed by atoms with E-state index >= 15 is 0 Å². The van der Waals surface area contributed by atoms with Crippen molar-refractivity contribution in [2.75, 3.05) is 0 Å². The smallest absolute Gasteiger partial charge is 0.326 e. The molecule has 6 heteroatoms. The maximum atomic E-state index is 11.9. The number of fused-ring (bicyclic) bond motifs is 1.